The Balaban J connectivity index is 1.96. The summed E-state index contributed by atoms with van der Waals surface area (Å²) in [4.78, 5) is 7.08. The number of hydrogen-bond acceptors (Lipinski definition) is 2. The molecule has 5 heteroatoms. The van der Waals surface area contributed by atoms with Crippen molar-refractivity contribution in [3.63, 3.8) is 0 Å². The number of nitrogens with one attached hydrogen (secondary N) is 1. The lowest BCUT2D eigenvalue weighted by Crippen LogP contribution is -2.41. The maximum Gasteiger partial charge on any atom is 0.193 e. The Kier molecular flexibility index (Phi) is 7.88. The van der Waals surface area contributed by atoms with Crippen LogP contribution in [0, 0.1) is 11.7 Å². The van der Waals surface area contributed by atoms with Gasteiger partial charge in [-0.15, -0.1) is 0 Å². The highest BCUT2D eigenvalue weighted by molar-refractivity contribution is 5.79. The molecule has 0 bridgehead atoms. The highest BCUT2D eigenvalue weighted by Gasteiger charge is 2.21. The molecule has 0 amide bonds. The molecule has 26 heavy (non-hydrogen) atoms. The molecular formula is C21H34FN3O. The third kappa shape index (κ3) is 6.27. The molecule has 1 fully saturated rings. The van der Waals surface area contributed by atoms with Gasteiger partial charge in [-0.1, -0.05) is 26.0 Å². The number of aliphatic imine (C=N–C) groups is 1. The van der Waals surface area contributed by atoms with Gasteiger partial charge < -0.3 is 15.0 Å². The quantitative estimate of drug-likeness (QED) is 0.591. The summed E-state index contributed by atoms with van der Waals surface area (Å²) in [7, 11) is 2.10. The van der Waals surface area contributed by atoms with Crippen molar-refractivity contribution in [2.75, 3.05) is 39.9 Å². The minimum Gasteiger partial charge on any atom is -0.381 e. The van der Waals surface area contributed by atoms with E-state index in [0.717, 1.165) is 43.7 Å². The lowest BCUT2D eigenvalue weighted by Gasteiger charge is -2.28. The predicted octanol–water partition coefficient (Wildman–Crippen LogP) is 3.82. The van der Waals surface area contributed by atoms with Gasteiger partial charge in [0.2, 0.25) is 0 Å². The van der Waals surface area contributed by atoms with Crippen molar-refractivity contribution in [2.24, 2.45) is 10.9 Å². The van der Waals surface area contributed by atoms with E-state index in [2.05, 4.69) is 38.0 Å². The van der Waals surface area contributed by atoms with Crippen molar-refractivity contribution in [3.05, 3.63) is 35.6 Å². The second-order valence-corrected chi connectivity index (χ2v) is 7.83. The minimum absolute atomic E-state index is 0.143. The van der Waals surface area contributed by atoms with E-state index in [4.69, 9.17) is 9.73 Å². The van der Waals surface area contributed by atoms with Crippen molar-refractivity contribution < 1.29 is 9.13 Å². The zero-order valence-electron chi connectivity index (χ0n) is 16.7. The summed E-state index contributed by atoms with van der Waals surface area (Å²) in [6, 6.07) is 6.75. The molecule has 0 spiro atoms. The van der Waals surface area contributed by atoms with Gasteiger partial charge in [-0.05, 0) is 49.8 Å². The van der Waals surface area contributed by atoms with Crippen LogP contribution in [0.4, 0.5) is 4.39 Å². The smallest absolute Gasteiger partial charge is 0.193 e. The molecule has 146 valence electrons. The molecule has 1 aromatic rings. The molecule has 4 nitrogen and oxygen atoms in total. The van der Waals surface area contributed by atoms with Crippen LogP contribution in [0.5, 0.6) is 0 Å². The Morgan fingerprint density at radius 3 is 2.54 bits per heavy atom. The molecule has 1 aromatic carbocycles. The zero-order chi connectivity index (χ0) is 19.0. The summed E-state index contributed by atoms with van der Waals surface area (Å²) in [5.74, 6) is 1.49. The number of guanidine groups is 1. The monoisotopic (exact) mass is 363 g/mol. The Bertz CT molecular complexity index is 565. The van der Waals surface area contributed by atoms with Crippen molar-refractivity contribution in [1.29, 1.82) is 0 Å². The summed E-state index contributed by atoms with van der Waals surface area (Å²) in [5.41, 5.74) is 0.957. The van der Waals surface area contributed by atoms with Crippen molar-refractivity contribution in [1.82, 2.24) is 10.2 Å². The van der Waals surface area contributed by atoms with Crippen LogP contribution in [-0.4, -0.2) is 50.8 Å². The molecule has 0 radical (unpaired) electrons. The average molecular weight is 364 g/mol. The third-order valence-corrected chi connectivity index (χ3v) is 5.16. The van der Waals surface area contributed by atoms with Crippen molar-refractivity contribution in [3.8, 4) is 0 Å². The van der Waals surface area contributed by atoms with Gasteiger partial charge in [0.25, 0.3) is 0 Å². The second kappa shape index (κ2) is 9.91. The summed E-state index contributed by atoms with van der Waals surface area (Å²) in [5, 5.41) is 3.39. The molecule has 1 aliphatic heterocycles. The molecule has 0 aliphatic carbocycles. The molecule has 1 saturated heterocycles. The Morgan fingerprint density at radius 1 is 1.27 bits per heavy atom. The molecule has 2 rings (SSSR count). The number of benzene rings is 1. The van der Waals surface area contributed by atoms with E-state index in [1.807, 2.05) is 12.1 Å². The van der Waals surface area contributed by atoms with Gasteiger partial charge in [0.15, 0.2) is 5.96 Å². The van der Waals surface area contributed by atoms with Gasteiger partial charge in [-0.2, -0.15) is 0 Å². The van der Waals surface area contributed by atoms with Crippen molar-refractivity contribution in [2.45, 2.75) is 45.4 Å². The van der Waals surface area contributed by atoms with Crippen LogP contribution in [-0.2, 0) is 10.2 Å². The lowest BCUT2D eigenvalue weighted by atomic mass is 9.85. The predicted molar refractivity (Wildman–Crippen MR) is 106 cm³/mol. The van der Waals surface area contributed by atoms with Crippen molar-refractivity contribution >= 4 is 5.96 Å². The summed E-state index contributed by atoms with van der Waals surface area (Å²) >= 11 is 0. The van der Waals surface area contributed by atoms with Gasteiger partial charge in [-0.3, -0.25) is 4.99 Å². The van der Waals surface area contributed by atoms with Gasteiger partial charge >= 0.3 is 0 Å². The fourth-order valence-corrected chi connectivity index (χ4v) is 3.25. The Morgan fingerprint density at radius 2 is 1.92 bits per heavy atom. The molecule has 0 aromatic heterocycles. The molecule has 0 saturated carbocycles. The first-order chi connectivity index (χ1) is 12.4. The van der Waals surface area contributed by atoms with E-state index >= 15 is 0 Å². The largest absolute Gasteiger partial charge is 0.381 e. The number of nitrogens with zero attached hydrogens (tertiary/aromatic N) is 2. The van der Waals surface area contributed by atoms with Gasteiger partial charge in [0, 0.05) is 38.8 Å². The number of rotatable bonds is 7. The zero-order valence-corrected chi connectivity index (χ0v) is 16.7. The number of ether oxygens (including phenoxy) is 1. The van der Waals surface area contributed by atoms with Gasteiger partial charge in [-0.25, -0.2) is 4.39 Å². The third-order valence-electron chi connectivity index (χ3n) is 5.16. The molecule has 0 unspecified atom stereocenters. The van der Waals surface area contributed by atoms with Crippen LogP contribution in [0.25, 0.3) is 0 Å². The molecule has 1 heterocycles. The van der Waals surface area contributed by atoms with Crippen LogP contribution in [0.1, 0.15) is 45.6 Å². The lowest BCUT2D eigenvalue weighted by molar-refractivity contribution is 0.0625. The Hall–Kier alpha value is -1.62. The van der Waals surface area contributed by atoms with Crippen LogP contribution in [0.3, 0.4) is 0 Å². The maximum atomic E-state index is 13.2. The fourth-order valence-electron chi connectivity index (χ4n) is 3.25. The fraction of sp³-hybridized carbons (Fsp3) is 0.667. The number of hydrogen-bond donors (Lipinski definition) is 1. The molecule has 1 N–H and O–H groups in total. The van der Waals surface area contributed by atoms with Crippen LogP contribution >= 0.6 is 0 Å². The maximum absolute atomic E-state index is 13.2. The molecule has 1 aliphatic rings. The summed E-state index contributed by atoms with van der Waals surface area (Å²) in [6.45, 7) is 10.7. The van der Waals surface area contributed by atoms with E-state index in [0.29, 0.717) is 6.54 Å². The first-order valence-electron chi connectivity index (χ1n) is 9.75. The molecular weight excluding hydrogens is 329 g/mol. The number of halogens is 1. The van der Waals surface area contributed by atoms with Gasteiger partial charge in [0.1, 0.15) is 5.82 Å². The summed E-state index contributed by atoms with van der Waals surface area (Å²) in [6.07, 6.45) is 3.50. The van der Waals surface area contributed by atoms with E-state index < -0.39 is 0 Å². The molecule has 0 atom stereocenters. The van der Waals surface area contributed by atoms with Crippen LogP contribution in [0.15, 0.2) is 29.3 Å². The normalized spacial score (nSPS) is 16.6. The topological polar surface area (TPSA) is 36.9 Å². The minimum atomic E-state index is -0.200. The highest BCUT2D eigenvalue weighted by atomic mass is 19.1. The summed E-state index contributed by atoms with van der Waals surface area (Å²) < 4.78 is 18.6. The van der Waals surface area contributed by atoms with Gasteiger partial charge in [0.05, 0.1) is 6.54 Å². The first kappa shape index (κ1) is 20.7. The van der Waals surface area contributed by atoms with E-state index in [1.165, 1.54) is 31.4 Å². The average Bonchev–Trinajstić information content (AvgIpc) is 2.64. The van der Waals surface area contributed by atoms with E-state index in [1.54, 1.807) is 0 Å². The second-order valence-electron chi connectivity index (χ2n) is 7.83. The first-order valence-corrected chi connectivity index (χ1v) is 9.75. The van der Waals surface area contributed by atoms with E-state index in [-0.39, 0.29) is 11.2 Å². The Labute approximate surface area is 157 Å². The highest BCUT2D eigenvalue weighted by Crippen LogP contribution is 2.24. The SMILES string of the molecule is CCNC(=NCC(C)(C)c1ccc(F)cc1)N(C)CCC1CCOCC1. The standard InChI is InChI=1S/C21H34FN3O/c1-5-23-20(25(4)13-10-17-11-14-26-15-12-17)24-16-21(2,3)18-6-8-19(22)9-7-18/h6-9,17H,5,10-16H2,1-4H3,(H,23,24). The van der Waals surface area contributed by atoms with Crippen LogP contribution in [0.2, 0.25) is 0 Å². The van der Waals surface area contributed by atoms with E-state index in [9.17, 15) is 4.39 Å². The van der Waals surface area contributed by atoms with Crippen LogP contribution < -0.4 is 5.32 Å².